The van der Waals surface area contributed by atoms with E-state index in [9.17, 15) is 9.59 Å². The minimum atomic E-state index is -1.12. The van der Waals surface area contributed by atoms with Crippen molar-refractivity contribution in [1.82, 2.24) is 4.98 Å². The maximum absolute atomic E-state index is 11.1. The number of carboxylic acids is 1. The quantitative estimate of drug-likeness (QED) is 0.800. The van der Waals surface area contributed by atoms with E-state index in [1.807, 2.05) is 0 Å². The molecule has 0 saturated heterocycles. The summed E-state index contributed by atoms with van der Waals surface area (Å²) < 4.78 is 5.00. The molecule has 2 N–H and O–H groups in total. The molecule has 0 aliphatic heterocycles. The average Bonchev–Trinajstić information content (AvgIpc) is 2.86. The van der Waals surface area contributed by atoms with Crippen molar-refractivity contribution < 1.29 is 19.1 Å². The lowest BCUT2D eigenvalue weighted by atomic mass is 10.1. The van der Waals surface area contributed by atoms with Gasteiger partial charge in [0.25, 0.3) is 0 Å². The van der Waals surface area contributed by atoms with Gasteiger partial charge in [-0.25, -0.2) is 9.78 Å². The highest BCUT2D eigenvalue weighted by Crippen LogP contribution is 2.11. The number of oxazole rings is 1. The molecule has 2 rings (SSSR count). The van der Waals surface area contributed by atoms with E-state index >= 15 is 0 Å². The lowest BCUT2D eigenvalue weighted by Crippen LogP contribution is -2.02. The molecule has 6 heteroatoms. The van der Waals surface area contributed by atoms with Gasteiger partial charge >= 0.3 is 5.97 Å². The van der Waals surface area contributed by atoms with E-state index in [4.69, 9.17) is 9.52 Å². The second-order valence-corrected chi connectivity index (χ2v) is 3.92. The highest BCUT2D eigenvalue weighted by atomic mass is 16.4. The van der Waals surface area contributed by atoms with Gasteiger partial charge < -0.3 is 14.8 Å². The summed E-state index contributed by atoms with van der Waals surface area (Å²) in [6.45, 7) is 1.77. The van der Waals surface area contributed by atoms with Gasteiger partial charge in [-0.3, -0.25) is 4.79 Å². The molecule has 1 aromatic heterocycles. The Balaban J connectivity index is 1.97. The SMILES string of the molecule is CC(=O)c1ccc(NCc2nc(C(=O)O)co2)cc1. The van der Waals surface area contributed by atoms with Crippen molar-refractivity contribution in [2.75, 3.05) is 5.32 Å². The van der Waals surface area contributed by atoms with Crippen LogP contribution in [-0.4, -0.2) is 21.8 Å². The van der Waals surface area contributed by atoms with Crippen molar-refractivity contribution in [3.05, 3.63) is 47.7 Å². The van der Waals surface area contributed by atoms with Crippen LogP contribution in [0.4, 0.5) is 5.69 Å². The van der Waals surface area contributed by atoms with Gasteiger partial charge in [0.1, 0.15) is 6.26 Å². The maximum Gasteiger partial charge on any atom is 0.357 e. The van der Waals surface area contributed by atoms with Crippen molar-refractivity contribution in [2.24, 2.45) is 0 Å². The molecule has 0 saturated carbocycles. The fourth-order valence-corrected chi connectivity index (χ4v) is 1.49. The molecular weight excluding hydrogens is 248 g/mol. The summed E-state index contributed by atoms with van der Waals surface area (Å²) >= 11 is 0. The number of nitrogens with one attached hydrogen (secondary N) is 1. The van der Waals surface area contributed by atoms with Crippen LogP contribution in [0.5, 0.6) is 0 Å². The van der Waals surface area contributed by atoms with Gasteiger partial charge in [-0.2, -0.15) is 0 Å². The van der Waals surface area contributed by atoms with Crippen molar-refractivity contribution in [1.29, 1.82) is 0 Å². The molecule has 19 heavy (non-hydrogen) atoms. The van der Waals surface area contributed by atoms with E-state index in [0.717, 1.165) is 12.0 Å². The summed E-state index contributed by atoms with van der Waals surface area (Å²) in [5.74, 6) is -0.834. The van der Waals surface area contributed by atoms with Gasteiger partial charge in [-0.15, -0.1) is 0 Å². The van der Waals surface area contributed by atoms with Crippen LogP contribution in [-0.2, 0) is 6.54 Å². The van der Waals surface area contributed by atoms with E-state index in [-0.39, 0.29) is 23.9 Å². The Morgan fingerprint density at radius 2 is 2.00 bits per heavy atom. The third-order valence-corrected chi connectivity index (χ3v) is 2.51. The average molecular weight is 260 g/mol. The van der Waals surface area contributed by atoms with Crippen LogP contribution in [0.3, 0.4) is 0 Å². The molecule has 0 aliphatic rings. The number of carbonyl (C=O) groups excluding carboxylic acids is 1. The van der Waals surface area contributed by atoms with Crippen LogP contribution in [0.1, 0.15) is 33.7 Å². The topological polar surface area (TPSA) is 92.4 Å². The lowest BCUT2D eigenvalue weighted by molar-refractivity contribution is 0.0690. The Hall–Kier alpha value is -2.63. The Morgan fingerprint density at radius 3 is 2.53 bits per heavy atom. The number of Topliss-reactive ketones (excluding diaryl/α,β-unsaturated/α-hetero) is 1. The first-order chi connectivity index (χ1) is 9.06. The molecule has 98 valence electrons. The largest absolute Gasteiger partial charge is 0.476 e. The zero-order chi connectivity index (χ0) is 13.8. The first kappa shape index (κ1) is 12.8. The van der Waals surface area contributed by atoms with E-state index in [0.29, 0.717) is 5.56 Å². The Labute approximate surface area is 109 Å². The molecular formula is C13H12N2O4. The zero-order valence-electron chi connectivity index (χ0n) is 10.2. The summed E-state index contributed by atoms with van der Waals surface area (Å²) in [5, 5.41) is 11.7. The standard InChI is InChI=1S/C13H12N2O4/c1-8(16)9-2-4-10(5-3-9)14-6-12-15-11(7-19-12)13(17)18/h2-5,7,14H,6H2,1H3,(H,17,18). The smallest absolute Gasteiger partial charge is 0.357 e. The highest BCUT2D eigenvalue weighted by Gasteiger charge is 2.09. The third-order valence-electron chi connectivity index (χ3n) is 2.51. The molecule has 6 nitrogen and oxygen atoms in total. The molecule has 0 aliphatic carbocycles. The monoisotopic (exact) mass is 260 g/mol. The molecule has 0 bridgehead atoms. The van der Waals surface area contributed by atoms with Gasteiger partial charge in [0.05, 0.1) is 6.54 Å². The Morgan fingerprint density at radius 1 is 1.32 bits per heavy atom. The van der Waals surface area contributed by atoms with Crippen LogP contribution in [0.2, 0.25) is 0 Å². The number of hydrogen-bond donors (Lipinski definition) is 2. The minimum absolute atomic E-state index is 0.00495. The summed E-state index contributed by atoms with van der Waals surface area (Å²) in [6.07, 6.45) is 1.10. The normalized spacial score (nSPS) is 10.2. The first-order valence-corrected chi connectivity index (χ1v) is 5.59. The van der Waals surface area contributed by atoms with E-state index in [2.05, 4.69) is 10.3 Å². The van der Waals surface area contributed by atoms with E-state index in [1.54, 1.807) is 24.3 Å². The minimum Gasteiger partial charge on any atom is -0.476 e. The maximum atomic E-state index is 11.1. The summed E-state index contributed by atoms with van der Waals surface area (Å²) in [6, 6.07) is 6.95. The molecule has 1 heterocycles. The van der Waals surface area contributed by atoms with Gasteiger partial charge in [-0.05, 0) is 31.2 Å². The van der Waals surface area contributed by atoms with E-state index < -0.39 is 5.97 Å². The predicted octanol–water partition coefficient (Wildman–Crippen LogP) is 2.19. The second kappa shape index (κ2) is 5.34. The first-order valence-electron chi connectivity index (χ1n) is 5.59. The number of benzene rings is 1. The number of anilines is 1. The van der Waals surface area contributed by atoms with E-state index in [1.165, 1.54) is 6.92 Å². The van der Waals surface area contributed by atoms with Crippen LogP contribution in [0.25, 0.3) is 0 Å². The molecule has 2 aromatic rings. The van der Waals surface area contributed by atoms with Gasteiger partial charge in [0.15, 0.2) is 11.5 Å². The molecule has 0 spiro atoms. The molecule has 0 atom stereocenters. The summed E-state index contributed by atoms with van der Waals surface area (Å²) in [7, 11) is 0. The van der Waals surface area contributed by atoms with Crippen molar-refractivity contribution in [3.8, 4) is 0 Å². The van der Waals surface area contributed by atoms with Crippen molar-refractivity contribution in [3.63, 3.8) is 0 Å². The van der Waals surface area contributed by atoms with Gasteiger partial charge in [-0.1, -0.05) is 0 Å². The fraction of sp³-hybridized carbons (Fsp3) is 0.154. The second-order valence-electron chi connectivity index (χ2n) is 3.92. The number of rotatable bonds is 5. The zero-order valence-corrected chi connectivity index (χ0v) is 10.2. The number of nitrogens with zero attached hydrogens (tertiary/aromatic N) is 1. The number of aromatic carboxylic acids is 1. The number of hydrogen-bond acceptors (Lipinski definition) is 5. The number of aromatic nitrogens is 1. The van der Waals surface area contributed by atoms with Crippen molar-refractivity contribution in [2.45, 2.75) is 13.5 Å². The fourth-order valence-electron chi connectivity index (χ4n) is 1.49. The van der Waals surface area contributed by atoms with Crippen LogP contribution < -0.4 is 5.32 Å². The van der Waals surface area contributed by atoms with Crippen LogP contribution in [0.15, 0.2) is 34.9 Å². The van der Waals surface area contributed by atoms with Crippen LogP contribution in [0, 0.1) is 0 Å². The molecule has 1 aromatic carbocycles. The Bertz CT molecular complexity index is 601. The Kier molecular flexibility index (Phi) is 3.61. The summed E-state index contributed by atoms with van der Waals surface area (Å²) in [5.41, 5.74) is 1.30. The lowest BCUT2D eigenvalue weighted by Gasteiger charge is -2.04. The predicted molar refractivity (Wildman–Crippen MR) is 67.2 cm³/mol. The summed E-state index contributed by atoms with van der Waals surface area (Å²) in [4.78, 5) is 25.5. The molecule has 0 amide bonds. The van der Waals surface area contributed by atoms with Gasteiger partial charge in [0, 0.05) is 11.3 Å². The molecule has 0 radical (unpaired) electrons. The van der Waals surface area contributed by atoms with Gasteiger partial charge in [0.2, 0.25) is 5.89 Å². The molecule has 0 unspecified atom stereocenters. The number of ketones is 1. The molecule has 0 fully saturated rings. The number of carboxylic acid groups (broad SMARTS) is 1. The third kappa shape index (κ3) is 3.19. The van der Waals surface area contributed by atoms with Crippen LogP contribution >= 0.6 is 0 Å². The van der Waals surface area contributed by atoms with Crippen molar-refractivity contribution >= 4 is 17.4 Å². The highest BCUT2D eigenvalue weighted by molar-refractivity contribution is 5.94. The number of carbonyl (C=O) groups is 2.